The van der Waals surface area contributed by atoms with Crippen LogP contribution < -0.4 is 15.4 Å². The zero-order valence-corrected chi connectivity index (χ0v) is 15.6. The second kappa shape index (κ2) is 8.34. The van der Waals surface area contributed by atoms with E-state index in [0.717, 1.165) is 0 Å². The first-order chi connectivity index (χ1) is 13.7. The lowest BCUT2D eigenvalue weighted by Crippen LogP contribution is -2.17. The van der Waals surface area contributed by atoms with Crippen molar-refractivity contribution in [2.75, 3.05) is 17.2 Å². The fourth-order valence-electron chi connectivity index (χ4n) is 2.63. The van der Waals surface area contributed by atoms with Gasteiger partial charge in [-0.1, -0.05) is 18.2 Å². The Balaban J connectivity index is 1.99. The second-order valence-corrected chi connectivity index (χ2v) is 6.11. The maximum atomic E-state index is 13.8. The van der Waals surface area contributed by atoms with Crippen LogP contribution in [0.15, 0.2) is 48.5 Å². The van der Waals surface area contributed by atoms with Crippen LogP contribution in [0.1, 0.15) is 12.5 Å². The SMILES string of the molecule is CCNc1nc(Nc2cccc(F)c2C)cc(-c2cccc(OC(F)(F)F)c2)n1. The normalized spacial score (nSPS) is 11.2. The zero-order chi connectivity index (χ0) is 21.0. The van der Waals surface area contributed by atoms with E-state index in [1.54, 1.807) is 31.2 Å². The average Bonchev–Trinajstić information content (AvgIpc) is 2.64. The van der Waals surface area contributed by atoms with Gasteiger partial charge in [0.25, 0.3) is 0 Å². The Morgan fingerprint density at radius 1 is 1.03 bits per heavy atom. The van der Waals surface area contributed by atoms with Gasteiger partial charge < -0.3 is 15.4 Å². The van der Waals surface area contributed by atoms with Crippen LogP contribution in [0.4, 0.5) is 35.0 Å². The van der Waals surface area contributed by atoms with Gasteiger partial charge in [0, 0.05) is 29.4 Å². The van der Waals surface area contributed by atoms with Gasteiger partial charge in [-0.3, -0.25) is 0 Å². The van der Waals surface area contributed by atoms with E-state index in [1.165, 1.54) is 24.3 Å². The standard InChI is InChI=1S/C20H18F4N4O/c1-3-25-19-27-17(13-6-4-7-14(10-13)29-20(22,23)24)11-18(28-19)26-16-9-5-8-15(21)12(16)2/h4-11H,3H2,1-2H3,(H2,25,26,27,28). The number of nitrogens with zero attached hydrogens (tertiary/aromatic N) is 2. The maximum Gasteiger partial charge on any atom is 0.573 e. The molecule has 9 heteroatoms. The van der Waals surface area contributed by atoms with Gasteiger partial charge >= 0.3 is 6.36 Å². The molecule has 29 heavy (non-hydrogen) atoms. The molecule has 0 aliphatic rings. The van der Waals surface area contributed by atoms with Crippen molar-refractivity contribution in [3.63, 3.8) is 0 Å². The number of nitrogens with one attached hydrogen (secondary N) is 2. The Hall–Kier alpha value is -3.36. The monoisotopic (exact) mass is 406 g/mol. The first kappa shape index (κ1) is 20.4. The summed E-state index contributed by atoms with van der Waals surface area (Å²) in [5.41, 5.74) is 1.72. The average molecular weight is 406 g/mol. The Morgan fingerprint density at radius 3 is 2.52 bits per heavy atom. The lowest BCUT2D eigenvalue weighted by molar-refractivity contribution is -0.274. The third kappa shape index (κ3) is 5.34. The van der Waals surface area contributed by atoms with Crippen molar-refractivity contribution in [3.05, 3.63) is 59.9 Å². The molecule has 0 fully saturated rings. The molecule has 0 spiro atoms. The highest BCUT2D eigenvalue weighted by atomic mass is 19.4. The van der Waals surface area contributed by atoms with Gasteiger partial charge in [-0.05, 0) is 38.1 Å². The zero-order valence-electron chi connectivity index (χ0n) is 15.6. The summed E-state index contributed by atoms with van der Waals surface area (Å²) in [6.07, 6.45) is -4.79. The Kier molecular flexibility index (Phi) is 5.86. The van der Waals surface area contributed by atoms with Crippen LogP contribution in [-0.2, 0) is 0 Å². The third-order valence-corrected chi connectivity index (χ3v) is 3.95. The van der Waals surface area contributed by atoms with Gasteiger partial charge in [-0.25, -0.2) is 9.37 Å². The summed E-state index contributed by atoms with van der Waals surface area (Å²) >= 11 is 0. The maximum absolute atomic E-state index is 13.8. The van der Waals surface area contributed by atoms with E-state index in [1.807, 2.05) is 6.92 Å². The molecule has 0 radical (unpaired) electrons. The lowest BCUT2D eigenvalue weighted by Gasteiger charge is -2.13. The minimum atomic E-state index is -4.79. The van der Waals surface area contributed by atoms with E-state index in [2.05, 4.69) is 25.3 Å². The van der Waals surface area contributed by atoms with Crippen LogP contribution in [-0.4, -0.2) is 22.9 Å². The molecule has 0 aliphatic carbocycles. The molecule has 1 heterocycles. The summed E-state index contributed by atoms with van der Waals surface area (Å²) in [6.45, 7) is 4.03. The number of alkyl halides is 3. The van der Waals surface area contributed by atoms with Gasteiger partial charge in [0.1, 0.15) is 17.4 Å². The number of ether oxygens (including phenoxy) is 1. The number of hydrogen-bond donors (Lipinski definition) is 2. The Bertz CT molecular complexity index is 1010. The molecule has 2 aromatic carbocycles. The van der Waals surface area contributed by atoms with E-state index >= 15 is 0 Å². The van der Waals surface area contributed by atoms with Crippen LogP contribution in [0.3, 0.4) is 0 Å². The number of benzene rings is 2. The fraction of sp³-hybridized carbons (Fsp3) is 0.200. The van der Waals surface area contributed by atoms with E-state index < -0.39 is 6.36 Å². The molecule has 3 rings (SSSR count). The lowest BCUT2D eigenvalue weighted by atomic mass is 10.1. The van der Waals surface area contributed by atoms with Crippen molar-refractivity contribution in [3.8, 4) is 17.0 Å². The van der Waals surface area contributed by atoms with Gasteiger partial charge in [-0.2, -0.15) is 4.98 Å². The molecule has 152 valence electrons. The molecule has 0 bridgehead atoms. The molecule has 0 atom stereocenters. The van der Waals surface area contributed by atoms with Gasteiger partial charge in [0.15, 0.2) is 0 Å². The van der Waals surface area contributed by atoms with Crippen LogP contribution in [0.2, 0.25) is 0 Å². The molecule has 0 amide bonds. The summed E-state index contributed by atoms with van der Waals surface area (Å²) in [7, 11) is 0. The molecule has 2 N–H and O–H groups in total. The number of anilines is 3. The summed E-state index contributed by atoms with van der Waals surface area (Å²) in [6, 6.07) is 11.7. The third-order valence-electron chi connectivity index (χ3n) is 3.95. The molecule has 0 saturated carbocycles. The molecule has 0 aliphatic heterocycles. The Labute approximate surface area is 164 Å². The van der Waals surface area contributed by atoms with Gasteiger partial charge in [0.05, 0.1) is 5.69 Å². The van der Waals surface area contributed by atoms with Crippen molar-refractivity contribution >= 4 is 17.5 Å². The van der Waals surface area contributed by atoms with Crippen LogP contribution in [0, 0.1) is 12.7 Å². The molecular weight excluding hydrogens is 388 g/mol. The van der Waals surface area contributed by atoms with E-state index in [-0.39, 0.29) is 17.5 Å². The molecular formula is C20H18F4N4O. The first-order valence-electron chi connectivity index (χ1n) is 8.76. The number of rotatable bonds is 6. The minimum Gasteiger partial charge on any atom is -0.406 e. The van der Waals surface area contributed by atoms with Gasteiger partial charge in [0.2, 0.25) is 5.95 Å². The summed E-state index contributed by atoms with van der Waals surface area (Å²) in [5, 5.41) is 6.01. The molecule has 0 saturated heterocycles. The minimum absolute atomic E-state index is 0.281. The smallest absolute Gasteiger partial charge is 0.406 e. The van der Waals surface area contributed by atoms with Gasteiger partial charge in [-0.15, -0.1) is 13.2 Å². The van der Waals surface area contributed by atoms with Crippen LogP contribution in [0.5, 0.6) is 5.75 Å². The van der Waals surface area contributed by atoms with Crippen molar-refractivity contribution in [1.29, 1.82) is 0 Å². The van der Waals surface area contributed by atoms with Crippen LogP contribution in [0.25, 0.3) is 11.3 Å². The van der Waals surface area contributed by atoms with Crippen molar-refractivity contribution in [2.45, 2.75) is 20.2 Å². The molecule has 1 aromatic heterocycles. The van der Waals surface area contributed by atoms with E-state index in [4.69, 9.17) is 0 Å². The second-order valence-electron chi connectivity index (χ2n) is 6.11. The summed E-state index contributed by atoms with van der Waals surface area (Å²) in [5.74, 6) is -0.0761. The summed E-state index contributed by atoms with van der Waals surface area (Å²) < 4.78 is 55.4. The highest BCUT2D eigenvalue weighted by Gasteiger charge is 2.31. The highest BCUT2D eigenvalue weighted by Crippen LogP contribution is 2.30. The predicted octanol–water partition coefficient (Wildman–Crippen LogP) is 5.67. The molecule has 3 aromatic rings. The van der Waals surface area contributed by atoms with Crippen LogP contribution >= 0.6 is 0 Å². The van der Waals surface area contributed by atoms with E-state index in [9.17, 15) is 17.6 Å². The molecule has 0 unspecified atom stereocenters. The predicted molar refractivity (Wildman–Crippen MR) is 103 cm³/mol. The largest absolute Gasteiger partial charge is 0.573 e. The van der Waals surface area contributed by atoms with Crippen molar-refractivity contribution in [1.82, 2.24) is 9.97 Å². The number of halogens is 4. The Morgan fingerprint density at radius 2 is 1.79 bits per heavy atom. The van der Waals surface area contributed by atoms with Crippen molar-refractivity contribution < 1.29 is 22.3 Å². The highest BCUT2D eigenvalue weighted by molar-refractivity contribution is 5.69. The first-order valence-corrected chi connectivity index (χ1v) is 8.76. The summed E-state index contributed by atoms with van der Waals surface area (Å²) in [4.78, 5) is 8.67. The molecule has 5 nitrogen and oxygen atoms in total. The van der Waals surface area contributed by atoms with Crippen molar-refractivity contribution in [2.24, 2.45) is 0 Å². The van der Waals surface area contributed by atoms with E-state index in [0.29, 0.717) is 34.9 Å². The quantitative estimate of drug-likeness (QED) is 0.517. The number of aromatic nitrogens is 2. The topological polar surface area (TPSA) is 59.1 Å². The number of hydrogen-bond acceptors (Lipinski definition) is 5. The fourth-order valence-corrected chi connectivity index (χ4v) is 2.63.